The van der Waals surface area contributed by atoms with Crippen LogP contribution in [0.25, 0.3) is 0 Å². The Morgan fingerprint density at radius 1 is 1.11 bits per heavy atom. The Morgan fingerprint density at radius 2 is 1.81 bits per heavy atom. The van der Waals surface area contributed by atoms with Crippen molar-refractivity contribution in [3.05, 3.63) is 52.0 Å². The molecule has 0 radical (unpaired) electrons. The SMILES string of the molecule is CCOC(=O)c1sc(Nc2nc(NCc3ccc(C[SH](=O)=O)cc3)cc(NC(C)COC)n2)nc1C. The highest BCUT2D eigenvalue weighted by molar-refractivity contribution is 7.71. The van der Waals surface area contributed by atoms with E-state index in [4.69, 9.17) is 9.47 Å². The number of rotatable bonds is 13. The van der Waals surface area contributed by atoms with E-state index in [1.54, 1.807) is 39.2 Å². The van der Waals surface area contributed by atoms with Gasteiger partial charge in [0.15, 0.2) is 5.13 Å². The van der Waals surface area contributed by atoms with Gasteiger partial charge in [-0.15, -0.1) is 0 Å². The molecule has 0 aliphatic rings. The summed E-state index contributed by atoms with van der Waals surface area (Å²) in [7, 11) is -0.832. The molecule has 1 unspecified atom stereocenters. The van der Waals surface area contributed by atoms with Gasteiger partial charge in [-0.2, -0.15) is 9.97 Å². The minimum atomic E-state index is -2.46. The number of hydrogen-bond donors (Lipinski definition) is 4. The van der Waals surface area contributed by atoms with Crippen LogP contribution in [-0.2, 0) is 32.5 Å². The third-order valence-electron chi connectivity index (χ3n) is 4.82. The molecule has 0 aliphatic carbocycles. The highest BCUT2D eigenvalue weighted by atomic mass is 32.2. The lowest BCUT2D eigenvalue weighted by Gasteiger charge is -2.16. The van der Waals surface area contributed by atoms with E-state index in [0.29, 0.717) is 46.4 Å². The predicted octanol–water partition coefficient (Wildman–Crippen LogP) is 3.33. The first-order valence-electron chi connectivity index (χ1n) is 11.3. The van der Waals surface area contributed by atoms with Crippen LogP contribution in [0.2, 0.25) is 0 Å². The number of esters is 1. The van der Waals surface area contributed by atoms with Crippen molar-refractivity contribution in [1.29, 1.82) is 0 Å². The first kappa shape index (κ1) is 27.3. The number of thiol groups is 1. The number of carbonyl (C=O) groups is 1. The number of anilines is 4. The number of thiazole rings is 1. The fourth-order valence-electron chi connectivity index (χ4n) is 3.25. The fourth-order valence-corrected chi connectivity index (χ4v) is 4.61. The van der Waals surface area contributed by atoms with Crippen LogP contribution in [-0.4, -0.2) is 55.7 Å². The summed E-state index contributed by atoms with van der Waals surface area (Å²) in [6.45, 7) is 6.71. The molecule has 0 spiro atoms. The van der Waals surface area contributed by atoms with Crippen molar-refractivity contribution in [3.8, 4) is 0 Å². The molecular formula is C23H30N6O5S2. The maximum atomic E-state index is 12.1. The van der Waals surface area contributed by atoms with Gasteiger partial charge in [-0.3, -0.25) is 5.32 Å². The summed E-state index contributed by atoms with van der Waals surface area (Å²) in [5, 5.41) is 10.1. The van der Waals surface area contributed by atoms with Crippen LogP contribution in [0.5, 0.6) is 0 Å². The third-order valence-corrected chi connectivity index (χ3v) is 6.50. The smallest absolute Gasteiger partial charge is 0.350 e. The lowest BCUT2D eigenvalue weighted by Crippen LogP contribution is -2.22. The van der Waals surface area contributed by atoms with Crippen LogP contribution < -0.4 is 16.0 Å². The second kappa shape index (κ2) is 13.1. The number of benzene rings is 1. The van der Waals surface area contributed by atoms with Crippen LogP contribution >= 0.6 is 11.3 Å². The highest BCUT2D eigenvalue weighted by Gasteiger charge is 2.17. The fraction of sp³-hybridized carbons (Fsp3) is 0.391. The Morgan fingerprint density at radius 3 is 2.47 bits per heavy atom. The topological polar surface area (TPSA) is 144 Å². The molecule has 3 N–H and O–H groups in total. The minimum Gasteiger partial charge on any atom is -0.462 e. The van der Waals surface area contributed by atoms with Gasteiger partial charge in [0.25, 0.3) is 0 Å². The first-order valence-corrected chi connectivity index (χ1v) is 13.4. The van der Waals surface area contributed by atoms with Crippen LogP contribution in [0, 0.1) is 6.92 Å². The van der Waals surface area contributed by atoms with Gasteiger partial charge in [-0.25, -0.2) is 18.2 Å². The van der Waals surface area contributed by atoms with E-state index in [1.165, 1.54) is 11.3 Å². The Kier molecular flexibility index (Phi) is 9.96. The number of methoxy groups -OCH3 is 1. The van der Waals surface area contributed by atoms with Crippen LogP contribution in [0.4, 0.5) is 22.7 Å². The van der Waals surface area contributed by atoms with Crippen molar-refractivity contribution in [3.63, 3.8) is 0 Å². The van der Waals surface area contributed by atoms with E-state index in [9.17, 15) is 13.2 Å². The number of nitrogens with zero attached hydrogens (tertiary/aromatic N) is 3. The quantitative estimate of drug-likeness (QED) is 0.189. The van der Waals surface area contributed by atoms with E-state index in [-0.39, 0.29) is 18.4 Å². The molecule has 1 aromatic carbocycles. The van der Waals surface area contributed by atoms with Crippen molar-refractivity contribution in [2.75, 3.05) is 36.3 Å². The molecule has 0 fully saturated rings. The van der Waals surface area contributed by atoms with Crippen LogP contribution in [0.15, 0.2) is 30.3 Å². The van der Waals surface area contributed by atoms with Gasteiger partial charge in [0.1, 0.15) is 27.2 Å². The zero-order valence-electron chi connectivity index (χ0n) is 20.5. The van der Waals surface area contributed by atoms with E-state index in [2.05, 4.69) is 30.9 Å². The van der Waals surface area contributed by atoms with Gasteiger partial charge in [0.2, 0.25) is 5.95 Å². The molecule has 0 amide bonds. The van der Waals surface area contributed by atoms with E-state index < -0.39 is 16.7 Å². The summed E-state index contributed by atoms with van der Waals surface area (Å²) >= 11 is 1.17. The number of ether oxygens (including phenoxy) is 2. The van der Waals surface area contributed by atoms with Crippen LogP contribution in [0.3, 0.4) is 0 Å². The van der Waals surface area contributed by atoms with Crippen LogP contribution in [0.1, 0.15) is 40.3 Å². The molecule has 0 aliphatic heterocycles. The minimum absolute atomic E-state index is 0.00294. The summed E-state index contributed by atoms with van der Waals surface area (Å²) in [6.07, 6.45) is 0. The molecule has 2 aromatic heterocycles. The average molecular weight is 535 g/mol. The maximum Gasteiger partial charge on any atom is 0.350 e. The summed E-state index contributed by atoms with van der Waals surface area (Å²) in [5.74, 6) is 1.04. The lowest BCUT2D eigenvalue weighted by molar-refractivity contribution is 0.0531. The van der Waals surface area contributed by atoms with Crippen molar-refractivity contribution < 1.29 is 22.7 Å². The molecule has 0 saturated heterocycles. The number of aromatic nitrogens is 3. The van der Waals surface area contributed by atoms with Crippen molar-refractivity contribution >= 4 is 50.7 Å². The van der Waals surface area contributed by atoms with Crippen molar-refractivity contribution in [1.82, 2.24) is 15.0 Å². The Labute approximate surface area is 215 Å². The normalized spacial score (nSPS) is 11.8. The van der Waals surface area contributed by atoms with Gasteiger partial charge >= 0.3 is 5.97 Å². The number of nitrogens with one attached hydrogen (secondary N) is 3. The molecule has 11 nitrogen and oxygen atoms in total. The summed E-state index contributed by atoms with van der Waals surface area (Å²) in [6, 6.07) is 9.11. The van der Waals surface area contributed by atoms with Gasteiger partial charge in [0, 0.05) is 25.8 Å². The molecule has 0 saturated carbocycles. The number of aryl methyl sites for hydroxylation is 1. The highest BCUT2D eigenvalue weighted by Crippen LogP contribution is 2.26. The summed E-state index contributed by atoms with van der Waals surface area (Å²) < 4.78 is 32.1. The van der Waals surface area contributed by atoms with Gasteiger partial charge in [0.05, 0.1) is 24.7 Å². The first-order chi connectivity index (χ1) is 17.3. The van der Waals surface area contributed by atoms with E-state index >= 15 is 0 Å². The molecule has 1 atom stereocenters. The lowest BCUT2D eigenvalue weighted by atomic mass is 10.1. The number of hydrogen-bond acceptors (Lipinski definition) is 12. The molecule has 36 heavy (non-hydrogen) atoms. The van der Waals surface area contributed by atoms with Gasteiger partial charge < -0.3 is 20.1 Å². The van der Waals surface area contributed by atoms with Gasteiger partial charge in [-0.1, -0.05) is 35.6 Å². The Bertz CT molecular complexity index is 1240. The second-order valence-electron chi connectivity index (χ2n) is 7.90. The second-order valence-corrected chi connectivity index (χ2v) is 9.88. The zero-order valence-corrected chi connectivity index (χ0v) is 22.2. The summed E-state index contributed by atoms with van der Waals surface area (Å²) in [5.41, 5.74) is 2.26. The largest absolute Gasteiger partial charge is 0.462 e. The van der Waals surface area contributed by atoms with E-state index in [1.807, 2.05) is 19.1 Å². The van der Waals surface area contributed by atoms with Gasteiger partial charge in [-0.05, 0) is 31.9 Å². The Hall–Kier alpha value is -3.29. The number of carbonyl (C=O) groups excluding carboxylic acids is 1. The molecule has 0 bridgehead atoms. The zero-order chi connectivity index (χ0) is 26.1. The maximum absolute atomic E-state index is 12.1. The molecule has 13 heteroatoms. The summed E-state index contributed by atoms with van der Waals surface area (Å²) in [4.78, 5) is 26.0. The Balaban J connectivity index is 1.79. The molecule has 194 valence electrons. The molecule has 2 heterocycles. The van der Waals surface area contributed by atoms with Crippen molar-refractivity contribution in [2.24, 2.45) is 0 Å². The standard InChI is InChI=1S/C23H30N6O5S2/c1-5-34-21(30)20-15(3)26-23(35-20)29-22-27-18(10-19(28-22)25-14(2)12-33-4)24-11-16-6-8-17(9-7-16)13-36(31)32/h6-10,14,36H,5,11-13H2,1-4H3,(H3,24,25,26,27,28,29). The molecule has 3 aromatic rings. The average Bonchev–Trinajstić information content (AvgIpc) is 3.18. The predicted molar refractivity (Wildman–Crippen MR) is 141 cm³/mol. The monoisotopic (exact) mass is 534 g/mol. The third kappa shape index (κ3) is 8.14. The van der Waals surface area contributed by atoms with E-state index in [0.717, 1.165) is 11.1 Å². The van der Waals surface area contributed by atoms with Crippen molar-refractivity contribution in [2.45, 2.75) is 39.1 Å². The molecule has 3 rings (SSSR count). The molecular weight excluding hydrogens is 504 g/mol.